The zero-order valence-corrected chi connectivity index (χ0v) is 25.9. The molecule has 1 saturated carbocycles. The lowest BCUT2D eigenvalue weighted by atomic mass is 9.57. The largest absolute Gasteiger partial charge is 0.507 e. The van der Waals surface area contributed by atoms with Gasteiger partial charge in [-0.05, 0) is 56.4 Å². The van der Waals surface area contributed by atoms with Crippen LogP contribution in [-0.2, 0) is 35.2 Å². The van der Waals surface area contributed by atoms with Crippen LogP contribution in [0.5, 0.6) is 5.75 Å². The number of likely N-dealkylation sites (tertiary alicyclic amines) is 2. The molecule has 1 aromatic carbocycles. The van der Waals surface area contributed by atoms with Crippen LogP contribution < -0.4 is 0 Å². The van der Waals surface area contributed by atoms with Crippen LogP contribution in [0.3, 0.4) is 0 Å². The van der Waals surface area contributed by atoms with Gasteiger partial charge in [-0.2, -0.15) is 0 Å². The Balaban J connectivity index is 1.45. The number of aliphatic carboxylic acids is 2. The molecule has 4 amide bonds. The lowest BCUT2D eigenvalue weighted by molar-refractivity contribution is -0.142. The van der Waals surface area contributed by atoms with Crippen molar-refractivity contribution in [2.45, 2.75) is 76.5 Å². The number of nitrogens with zero attached hydrogens (tertiary/aromatic N) is 2. The number of fused-ring (bicyclic) bond motifs is 4. The van der Waals surface area contributed by atoms with Crippen molar-refractivity contribution >= 4 is 35.6 Å². The van der Waals surface area contributed by atoms with Crippen molar-refractivity contribution in [2.24, 2.45) is 29.6 Å². The molecular weight excluding hydrogens is 592 g/mol. The van der Waals surface area contributed by atoms with Crippen molar-refractivity contribution in [3.8, 4) is 5.75 Å². The van der Waals surface area contributed by atoms with Crippen LogP contribution in [0.15, 0.2) is 42.5 Å². The van der Waals surface area contributed by atoms with E-state index in [1.165, 1.54) is 9.80 Å². The summed E-state index contributed by atoms with van der Waals surface area (Å²) in [5, 5.41) is 29.3. The van der Waals surface area contributed by atoms with Crippen molar-refractivity contribution in [1.82, 2.24) is 9.80 Å². The minimum atomic E-state index is -0.897. The Morgan fingerprint density at radius 2 is 1.37 bits per heavy atom. The van der Waals surface area contributed by atoms with Gasteiger partial charge in [0.2, 0.25) is 23.6 Å². The van der Waals surface area contributed by atoms with E-state index in [0.717, 1.165) is 5.57 Å². The number of amides is 4. The maximum atomic E-state index is 14.0. The molecule has 6 atom stereocenters. The second-order valence-corrected chi connectivity index (χ2v) is 12.9. The van der Waals surface area contributed by atoms with Crippen molar-refractivity contribution in [3.05, 3.63) is 53.6 Å². The number of carbonyl (C=O) groups is 6. The van der Waals surface area contributed by atoms with E-state index >= 15 is 0 Å². The minimum absolute atomic E-state index is 0.0139. The first kappa shape index (κ1) is 33.1. The SMILES string of the molecule is C=CCc1cccc([C@H]2C3=CC[C@@H]4C(=O)N(CCCCCC(=O)O)C(=O)[C@@H]4[C@@H]3C[C@H]3C(=O)N(CCCCCC(=O)O)C(=O)[C@@H]23)c1O. The topological polar surface area (TPSA) is 170 Å². The molecule has 2 saturated heterocycles. The van der Waals surface area contributed by atoms with Gasteiger partial charge in [0.15, 0.2) is 0 Å². The highest BCUT2D eigenvalue weighted by atomic mass is 16.4. The highest BCUT2D eigenvalue weighted by Gasteiger charge is 2.62. The molecule has 5 rings (SSSR count). The Kier molecular flexibility index (Phi) is 10.1. The molecule has 0 unspecified atom stereocenters. The van der Waals surface area contributed by atoms with Crippen LogP contribution in [0.1, 0.15) is 81.3 Å². The molecule has 46 heavy (non-hydrogen) atoms. The first-order valence-electron chi connectivity index (χ1n) is 16.3. The molecule has 0 aromatic heterocycles. The van der Waals surface area contributed by atoms with Crippen LogP contribution in [0.2, 0.25) is 0 Å². The summed E-state index contributed by atoms with van der Waals surface area (Å²) < 4.78 is 0. The molecule has 1 aromatic rings. The summed E-state index contributed by atoms with van der Waals surface area (Å²) in [6.07, 6.45) is 7.60. The van der Waals surface area contributed by atoms with E-state index in [1.54, 1.807) is 24.3 Å². The predicted molar refractivity (Wildman–Crippen MR) is 165 cm³/mol. The predicted octanol–water partition coefficient (Wildman–Crippen LogP) is 4.05. The van der Waals surface area contributed by atoms with E-state index in [-0.39, 0.29) is 61.7 Å². The quantitative estimate of drug-likeness (QED) is 0.146. The van der Waals surface area contributed by atoms with Crippen molar-refractivity contribution < 1.29 is 44.1 Å². The van der Waals surface area contributed by atoms with Gasteiger partial charge >= 0.3 is 11.9 Å². The Hall–Kier alpha value is -4.28. The monoisotopic (exact) mass is 634 g/mol. The summed E-state index contributed by atoms with van der Waals surface area (Å²) in [5.74, 6) is -6.83. The fourth-order valence-electron chi connectivity index (χ4n) is 8.14. The number of para-hydroxylation sites is 1. The molecule has 0 radical (unpaired) electrons. The lowest BCUT2D eigenvalue weighted by Gasteiger charge is -2.44. The number of aromatic hydroxyl groups is 1. The third kappa shape index (κ3) is 6.24. The van der Waals surface area contributed by atoms with E-state index in [1.807, 2.05) is 6.08 Å². The van der Waals surface area contributed by atoms with Crippen LogP contribution in [0, 0.1) is 29.6 Å². The molecule has 11 heteroatoms. The van der Waals surface area contributed by atoms with E-state index in [2.05, 4.69) is 6.58 Å². The number of carboxylic acid groups (broad SMARTS) is 2. The van der Waals surface area contributed by atoms with Gasteiger partial charge in [0.25, 0.3) is 0 Å². The molecule has 3 fully saturated rings. The number of benzene rings is 1. The third-order valence-corrected chi connectivity index (χ3v) is 10.2. The molecule has 11 nitrogen and oxygen atoms in total. The van der Waals surface area contributed by atoms with Gasteiger partial charge in [-0.25, -0.2) is 0 Å². The van der Waals surface area contributed by atoms with Gasteiger partial charge in [-0.1, -0.05) is 48.8 Å². The van der Waals surface area contributed by atoms with Crippen molar-refractivity contribution in [3.63, 3.8) is 0 Å². The molecule has 2 aliphatic heterocycles. The number of hydrogen-bond acceptors (Lipinski definition) is 7. The maximum Gasteiger partial charge on any atom is 0.303 e. The number of carbonyl (C=O) groups excluding carboxylic acids is 4. The third-order valence-electron chi connectivity index (χ3n) is 10.2. The smallest absolute Gasteiger partial charge is 0.303 e. The van der Waals surface area contributed by atoms with Crippen molar-refractivity contribution in [2.75, 3.05) is 13.1 Å². The number of hydrogen-bond donors (Lipinski definition) is 3. The highest BCUT2D eigenvalue weighted by Crippen LogP contribution is 2.59. The van der Waals surface area contributed by atoms with Crippen molar-refractivity contribution in [1.29, 1.82) is 0 Å². The summed E-state index contributed by atoms with van der Waals surface area (Å²) in [4.78, 5) is 79.6. The summed E-state index contributed by atoms with van der Waals surface area (Å²) in [5.41, 5.74) is 1.96. The number of carboxylic acids is 2. The first-order chi connectivity index (χ1) is 22.1. The zero-order valence-electron chi connectivity index (χ0n) is 25.9. The van der Waals surface area contributed by atoms with Crippen LogP contribution in [-0.4, -0.2) is 73.8 Å². The summed E-state index contributed by atoms with van der Waals surface area (Å²) in [6.45, 7) is 4.16. The molecule has 4 aliphatic rings. The number of imide groups is 2. The van der Waals surface area contributed by atoms with Gasteiger partial charge in [0.05, 0.1) is 23.7 Å². The number of allylic oxidation sites excluding steroid dienone is 3. The number of phenols is 1. The molecule has 0 bridgehead atoms. The second-order valence-electron chi connectivity index (χ2n) is 12.9. The van der Waals surface area contributed by atoms with Crippen LogP contribution in [0.25, 0.3) is 0 Å². The van der Waals surface area contributed by atoms with E-state index < -0.39 is 47.4 Å². The van der Waals surface area contributed by atoms with Gasteiger partial charge in [0.1, 0.15) is 5.75 Å². The number of unbranched alkanes of at least 4 members (excludes halogenated alkanes) is 4. The molecule has 2 aliphatic carbocycles. The van der Waals surface area contributed by atoms with E-state index in [9.17, 15) is 33.9 Å². The average molecular weight is 635 g/mol. The Morgan fingerprint density at radius 1 is 0.783 bits per heavy atom. The second kappa shape index (κ2) is 14.0. The molecular formula is C35H42N2O9. The summed E-state index contributed by atoms with van der Waals surface area (Å²) in [6, 6.07) is 5.34. The minimum Gasteiger partial charge on any atom is -0.507 e. The number of rotatable bonds is 15. The first-order valence-corrected chi connectivity index (χ1v) is 16.3. The lowest BCUT2D eigenvalue weighted by Crippen LogP contribution is -2.43. The molecule has 246 valence electrons. The molecule has 3 N–H and O–H groups in total. The zero-order chi connectivity index (χ0) is 33.1. The van der Waals surface area contributed by atoms with Gasteiger partial charge in [-0.3, -0.25) is 38.6 Å². The Labute approximate surface area is 267 Å². The fraction of sp³-hybridized carbons (Fsp3) is 0.543. The van der Waals surface area contributed by atoms with Crippen LogP contribution in [0.4, 0.5) is 0 Å². The normalized spacial score (nSPS) is 26.9. The fourth-order valence-corrected chi connectivity index (χ4v) is 8.14. The van der Waals surface area contributed by atoms with Crippen LogP contribution >= 0.6 is 0 Å². The summed E-state index contributed by atoms with van der Waals surface area (Å²) >= 11 is 0. The van der Waals surface area contributed by atoms with Gasteiger partial charge in [-0.15, -0.1) is 6.58 Å². The Bertz CT molecular complexity index is 1470. The molecule has 0 spiro atoms. The van der Waals surface area contributed by atoms with E-state index in [0.29, 0.717) is 62.5 Å². The van der Waals surface area contributed by atoms with Gasteiger partial charge in [0, 0.05) is 37.4 Å². The standard InChI is InChI=1S/C35H42N2O9/c1-2-10-20-11-9-12-22(31(20)42)28-21-15-16-23-29(34(45)36(32(23)43)17-7-3-5-13-26(38)39)24(21)19-25-30(28)35(46)37(33(25)44)18-8-4-6-14-27(40)41/h2,9,11-12,15,23-25,28-30,42H,1,3-8,10,13-14,16-19H2,(H,38,39)(H,40,41)/t23-,24+,25+,28+,29-,30+/m0/s1. The maximum absolute atomic E-state index is 14.0. The van der Waals surface area contributed by atoms with Gasteiger partial charge < -0.3 is 15.3 Å². The average Bonchev–Trinajstić information content (AvgIpc) is 3.40. The molecule has 2 heterocycles. The van der Waals surface area contributed by atoms with E-state index in [4.69, 9.17) is 10.2 Å². The number of phenolic OH excluding ortho intramolecular Hbond substituents is 1. The highest BCUT2D eigenvalue weighted by molar-refractivity contribution is 6.08. The Morgan fingerprint density at radius 3 is 1.96 bits per heavy atom. The summed E-state index contributed by atoms with van der Waals surface area (Å²) in [7, 11) is 0.